The van der Waals surface area contributed by atoms with Crippen molar-refractivity contribution in [1.29, 1.82) is 0 Å². The van der Waals surface area contributed by atoms with E-state index in [9.17, 15) is 67.0 Å². The van der Waals surface area contributed by atoms with Crippen LogP contribution in [0, 0.1) is 0 Å². The van der Waals surface area contributed by atoms with Gasteiger partial charge < -0.3 is 9.90 Å². The Kier molecular flexibility index (Phi) is 6.27. The number of alkyl halides is 13. The largest absolute Gasteiger partial charge is 1.00 e. The van der Waals surface area contributed by atoms with Crippen LogP contribution in [0.15, 0.2) is 0 Å². The molecule has 0 atom stereocenters. The molecule has 16 heteroatoms. The van der Waals surface area contributed by atoms with Crippen molar-refractivity contribution in [1.82, 2.24) is 0 Å². The van der Waals surface area contributed by atoms with Crippen LogP contribution in [0.4, 0.5) is 57.1 Å². The molecule has 0 heterocycles. The molecule has 0 saturated heterocycles. The van der Waals surface area contributed by atoms with Crippen molar-refractivity contribution >= 4 is 5.97 Å². The Morgan fingerprint density at radius 1 is 0.565 bits per heavy atom. The molecule has 0 aliphatic carbocycles. The molecule has 0 unspecified atom stereocenters. The minimum Gasteiger partial charge on any atom is -0.544 e. The van der Waals surface area contributed by atoms with Crippen molar-refractivity contribution in [3.05, 3.63) is 0 Å². The third kappa shape index (κ3) is 3.09. The monoisotopic (exact) mass is 370 g/mol. The second-order valence-electron chi connectivity index (χ2n) is 3.66. The van der Waals surface area contributed by atoms with E-state index < -0.39 is 41.8 Å². The summed E-state index contributed by atoms with van der Waals surface area (Å²) in [4.78, 5) is 9.56. The summed E-state index contributed by atoms with van der Waals surface area (Å²) in [5, 5.41) is 9.56. The van der Waals surface area contributed by atoms with Gasteiger partial charge in [0.25, 0.3) is 0 Å². The Morgan fingerprint density at radius 2 is 0.826 bits per heavy atom. The summed E-state index contributed by atoms with van der Waals surface area (Å²) in [5.41, 5.74) is 0. The SMILES string of the molecule is O=C([O-])C(F)(F)C(F)(F)C(F)(F)C(F)(F)C(F)(F)C(F)(F)F.[Li+]. The van der Waals surface area contributed by atoms with Crippen LogP contribution in [0.3, 0.4) is 0 Å². The number of carbonyl (C=O) groups excluding carboxylic acids is 1. The average Bonchev–Trinajstić information content (AvgIpc) is 2.25. The fourth-order valence-electron chi connectivity index (χ4n) is 0.898. The number of halogens is 13. The Hall–Kier alpha value is -0.843. The third-order valence-corrected chi connectivity index (χ3v) is 2.19. The second-order valence-corrected chi connectivity index (χ2v) is 3.66. The van der Waals surface area contributed by atoms with Gasteiger partial charge in [-0.25, -0.2) is 0 Å². The number of aliphatic carboxylic acids is 1. The molecule has 0 rings (SSSR count). The van der Waals surface area contributed by atoms with E-state index in [1.807, 2.05) is 0 Å². The van der Waals surface area contributed by atoms with Crippen molar-refractivity contribution < 1.29 is 85.8 Å². The van der Waals surface area contributed by atoms with Gasteiger partial charge in [-0.05, 0) is 0 Å². The first kappa shape index (κ1) is 24.4. The summed E-state index contributed by atoms with van der Waals surface area (Å²) >= 11 is 0. The molecule has 132 valence electrons. The minimum absolute atomic E-state index is 0. The first-order valence-corrected chi connectivity index (χ1v) is 4.37. The summed E-state index contributed by atoms with van der Waals surface area (Å²) in [6.07, 6.45) is -7.53. The average molecular weight is 370 g/mol. The molecule has 0 aromatic carbocycles. The smallest absolute Gasteiger partial charge is 0.544 e. The van der Waals surface area contributed by atoms with Gasteiger partial charge in [0, 0.05) is 0 Å². The molecule has 0 fully saturated rings. The molecule has 0 aromatic heterocycles. The van der Waals surface area contributed by atoms with Crippen molar-refractivity contribution in [2.24, 2.45) is 0 Å². The molecule has 0 aliphatic heterocycles. The van der Waals surface area contributed by atoms with E-state index in [1.54, 1.807) is 0 Å². The quantitative estimate of drug-likeness (QED) is 0.483. The van der Waals surface area contributed by atoms with E-state index in [4.69, 9.17) is 0 Å². The standard InChI is InChI=1S/C7HF13O2.Li/c8-2(9,1(21)22)3(10,11)4(12,13)5(14,15)6(16,17)7(18,19)20;/h(H,21,22);/q;+1/p-1. The van der Waals surface area contributed by atoms with Crippen molar-refractivity contribution in [3.63, 3.8) is 0 Å². The van der Waals surface area contributed by atoms with E-state index >= 15 is 0 Å². The van der Waals surface area contributed by atoms with Crippen LogP contribution in [-0.2, 0) is 4.79 Å². The number of carboxylic acids is 1. The van der Waals surface area contributed by atoms with E-state index in [0.717, 1.165) is 0 Å². The molecule has 0 aromatic rings. The number of rotatable bonds is 5. The van der Waals surface area contributed by atoms with Gasteiger partial charge in [-0.1, -0.05) is 0 Å². The van der Waals surface area contributed by atoms with Crippen molar-refractivity contribution in [2.75, 3.05) is 0 Å². The van der Waals surface area contributed by atoms with Crippen LogP contribution in [0.25, 0.3) is 0 Å². The molecule has 23 heavy (non-hydrogen) atoms. The Morgan fingerprint density at radius 3 is 1.04 bits per heavy atom. The Bertz CT molecular complexity index is 454. The molecule has 0 amide bonds. The van der Waals surface area contributed by atoms with Crippen molar-refractivity contribution in [3.8, 4) is 0 Å². The maximum absolute atomic E-state index is 12.6. The first-order valence-electron chi connectivity index (χ1n) is 4.37. The van der Waals surface area contributed by atoms with Gasteiger partial charge in [-0.2, -0.15) is 57.1 Å². The summed E-state index contributed by atoms with van der Waals surface area (Å²) in [6, 6.07) is 0. The molecule has 0 bridgehead atoms. The fraction of sp³-hybridized carbons (Fsp3) is 0.857. The molecule has 0 N–H and O–H groups in total. The normalized spacial score (nSPS) is 15.2. The van der Waals surface area contributed by atoms with E-state index in [1.165, 1.54) is 0 Å². The summed E-state index contributed by atoms with van der Waals surface area (Å²) < 4.78 is 159. The van der Waals surface area contributed by atoms with Crippen LogP contribution in [0.1, 0.15) is 0 Å². The molecule has 0 radical (unpaired) electrons. The van der Waals surface area contributed by atoms with Crippen LogP contribution < -0.4 is 24.0 Å². The van der Waals surface area contributed by atoms with Crippen LogP contribution >= 0.6 is 0 Å². The zero-order valence-electron chi connectivity index (χ0n) is 10.2. The molecular weight excluding hydrogens is 370 g/mol. The van der Waals surface area contributed by atoms with Gasteiger partial charge in [0.1, 0.15) is 5.97 Å². The first-order chi connectivity index (χ1) is 9.19. The van der Waals surface area contributed by atoms with Gasteiger partial charge in [0.2, 0.25) is 0 Å². The minimum atomic E-state index is -8.11. The predicted octanol–water partition coefficient (Wildman–Crippen LogP) is -0.521. The van der Waals surface area contributed by atoms with Crippen LogP contribution in [0.2, 0.25) is 0 Å². The van der Waals surface area contributed by atoms with Gasteiger partial charge >= 0.3 is 54.6 Å². The summed E-state index contributed by atoms with van der Waals surface area (Å²) in [5.74, 6) is -43.5. The Balaban J connectivity index is 0. The van der Waals surface area contributed by atoms with E-state index in [0.29, 0.717) is 0 Å². The number of carboxylic acid groups (broad SMARTS) is 1. The number of hydrogen-bond acceptors (Lipinski definition) is 2. The Labute approximate surface area is 128 Å². The second kappa shape index (κ2) is 5.90. The zero-order valence-corrected chi connectivity index (χ0v) is 10.2. The fourth-order valence-corrected chi connectivity index (χ4v) is 0.898. The molecule has 0 spiro atoms. The van der Waals surface area contributed by atoms with Crippen LogP contribution in [-0.4, -0.2) is 41.8 Å². The maximum Gasteiger partial charge on any atom is 1.00 e. The molecule has 0 aliphatic rings. The van der Waals surface area contributed by atoms with E-state index in [-0.39, 0.29) is 18.9 Å². The molecule has 2 nitrogen and oxygen atoms in total. The topological polar surface area (TPSA) is 40.1 Å². The van der Waals surface area contributed by atoms with Gasteiger partial charge in [-0.15, -0.1) is 0 Å². The third-order valence-electron chi connectivity index (χ3n) is 2.19. The summed E-state index contributed by atoms with van der Waals surface area (Å²) in [6.45, 7) is 0. The van der Waals surface area contributed by atoms with Crippen molar-refractivity contribution in [2.45, 2.75) is 35.8 Å². The molecular formula is C7F13LiO2. The number of carbonyl (C=O) groups is 1. The van der Waals surface area contributed by atoms with Gasteiger partial charge in [0.05, 0.1) is 0 Å². The van der Waals surface area contributed by atoms with E-state index in [2.05, 4.69) is 0 Å². The summed E-state index contributed by atoms with van der Waals surface area (Å²) in [7, 11) is 0. The molecule has 0 saturated carbocycles. The van der Waals surface area contributed by atoms with Crippen LogP contribution in [0.5, 0.6) is 0 Å². The van der Waals surface area contributed by atoms with Gasteiger partial charge in [0.15, 0.2) is 0 Å². The maximum atomic E-state index is 12.6. The van der Waals surface area contributed by atoms with Gasteiger partial charge in [-0.3, -0.25) is 0 Å². The zero-order chi connectivity index (χ0) is 18.6. The number of hydrogen-bond donors (Lipinski definition) is 0. The predicted molar refractivity (Wildman–Crippen MR) is 35.8 cm³/mol.